The molecular weight excluding hydrogens is 352 g/mol. The molecule has 4 rings (SSSR count). The molecule has 0 aliphatic carbocycles. The summed E-state index contributed by atoms with van der Waals surface area (Å²) in [6, 6.07) is 12.5. The highest BCUT2D eigenvalue weighted by Gasteiger charge is 2.29. The van der Waals surface area contributed by atoms with Crippen molar-refractivity contribution < 1.29 is 18.9 Å². The second kappa shape index (κ2) is 6.34. The Morgan fingerprint density at radius 1 is 1.04 bits per heavy atom. The number of carbonyl (C=O) groups excluding carboxylic acids is 1. The molecule has 2 heterocycles. The van der Waals surface area contributed by atoms with E-state index >= 15 is 0 Å². The van der Waals surface area contributed by atoms with E-state index in [1.165, 1.54) is 30.5 Å². The highest BCUT2D eigenvalue weighted by atomic mass is 16.6. The van der Waals surface area contributed by atoms with Gasteiger partial charge in [0.1, 0.15) is 17.4 Å². The summed E-state index contributed by atoms with van der Waals surface area (Å²) in [5.41, 5.74) is -0.103. The number of hydrogen-bond donors (Lipinski definition) is 0. The summed E-state index contributed by atoms with van der Waals surface area (Å²) in [4.78, 5) is 39.2. The summed E-state index contributed by atoms with van der Waals surface area (Å²) >= 11 is 0. The van der Waals surface area contributed by atoms with Crippen molar-refractivity contribution in [3.05, 3.63) is 92.0 Å². The molecule has 1 aliphatic heterocycles. The number of para-hydroxylation sites is 2. The van der Waals surface area contributed by atoms with E-state index in [0.717, 1.165) is 0 Å². The van der Waals surface area contributed by atoms with Gasteiger partial charge < -0.3 is 9.15 Å². The number of cyclic esters (lactones) is 1. The molecule has 0 unspecified atom stereocenters. The van der Waals surface area contributed by atoms with Crippen LogP contribution < -0.4 is 5.43 Å². The molecule has 0 amide bonds. The number of aliphatic imine (C=N–C) groups is 1. The zero-order valence-corrected chi connectivity index (χ0v) is 13.6. The molecule has 0 atom stereocenters. The van der Waals surface area contributed by atoms with Gasteiger partial charge >= 0.3 is 5.97 Å². The van der Waals surface area contributed by atoms with Crippen LogP contribution in [0.25, 0.3) is 17.0 Å². The van der Waals surface area contributed by atoms with Crippen LogP contribution in [0.5, 0.6) is 0 Å². The van der Waals surface area contributed by atoms with Gasteiger partial charge in [-0.2, -0.15) is 0 Å². The monoisotopic (exact) mass is 362 g/mol. The Hall–Kier alpha value is -4.07. The molecule has 8 heteroatoms. The van der Waals surface area contributed by atoms with Crippen LogP contribution in [0.1, 0.15) is 11.1 Å². The number of rotatable bonds is 3. The number of esters is 1. The van der Waals surface area contributed by atoms with Crippen LogP contribution >= 0.6 is 0 Å². The first kappa shape index (κ1) is 16.4. The molecule has 0 saturated heterocycles. The van der Waals surface area contributed by atoms with E-state index in [9.17, 15) is 19.7 Å². The van der Waals surface area contributed by atoms with Crippen molar-refractivity contribution in [3.8, 4) is 0 Å². The average molecular weight is 362 g/mol. The Labute approximate surface area is 151 Å². The highest BCUT2D eigenvalue weighted by molar-refractivity contribution is 6.14. The van der Waals surface area contributed by atoms with E-state index in [-0.39, 0.29) is 33.8 Å². The zero-order chi connectivity index (χ0) is 19.0. The normalized spacial score (nSPS) is 15.0. The topological polar surface area (TPSA) is 112 Å². The van der Waals surface area contributed by atoms with Crippen LogP contribution in [-0.4, -0.2) is 16.8 Å². The van der Waals surface area contributed by atoms with E-state index in [4.69, 9.17) is 9.15 Å². The number of carbonyl (C=O) groups is 1. The fraction of sp³-hybridized carbons (Fsp3) is 0. The van der Waals surface area contributed by atoms with Crippen molar-refractivity contribution in [1.29, 1.82) is 0 Å². The molecule has 2 aromatic carbocycles. The molecule has 132 valence electrons. The fourth-order valence-corrected chi connectivity index (χ4v) is 2.68. The maximum atomic E-state index is 12.5. The second-order valence-electron chi connectivity index (χ2n) is 5.63. The van der Waals surface area contributed by atoms with Crippen LogP contribution in [0.15, 0.2) is 74.7 Å². The van der Waals surface area contributed by atoms with Gasteiger partial charge in [-0.1, -0.05) is 24.3 Å². The van der Waals surface area contributed by atoms with Crippen molar-refractivity contribution >= 4 is 34.6 Å². The second-order valence-corrected chi connectivity index (χ2v) is 5.63. The van der Waals surface area contributed by atoms with Gasteiger partial charge in [0, 0.05) is 6.07 Å². The molecule has 0 spiro atoms. The van der Waals surface area contributed by atoms with E-state index < -0.39 is 10.9 Å². The molecule has 0 radical (unpaired) electrons. The predicted molar refractivity (Wildman–Crippen MR) is 96.2 cm³/mol. The van der Waals surface area contributed by atoms with Gasteiger partial charge in [0.25, 0.3) is 5.69 Å². The quantitative estimate of drug-likeness (QED) is 0.306. The summed E-state index contributed by atoms with van der Waals surface area (Å²) in [7, 11) is 0. The minimum absolute atomic E-state index is 0.0739. The van der Waals surface area contributed by atoms with Crippen LogP contribution in [0.3, 0.4) is 0 Å². The molecule has 8 nitrogen and oxygen atoms in total. The van der Waals surface area contributed by atoms with Crippen LogP contribution in [0.4, 0.5) is 5.69 Å². The van der Waals surface area contributed by atoms with Crippen molar-refractivity contribution in [2.45, 2.75) is 0 Å². The Bertz CT molecular complexity index is 1220. The number of benzene rings is 2. The maximum absolute atomic E-state index is 12.5. The Morgan fingerprint density at radius 2 is 1.78 bits per heavy atom. The van der Waals surface area contributed by atoms with Crippen LogP contribution in [0, 0.1) is 10.1 Å². The standard InChI is InChI=1S/C19H10N2O6/c22-17-11(10-26-16-8-4-2-6-13(16)17)9-14-19(23)27-18(20-14)12-5-1-3-7-15(12)21(24)25/h1-10H. The highest BCUT2D eigenvalue weighted by Crippen LogP contribution is 2.25. The maximum Gasteiger partial charge on any atom is 0.363 e. The third-order valence-corrected chi connectivity index (χ3v) is 3.95. The van der Waals surface area contributed by atoms with E-state index in [1.54, 1.807) is 30.3 Å². The minimum Gasteiger partial charge on any atom is -0.463 e. The van der Waals surface area contributed by atoms with Gasteiger partial charge in [-0.15, -0.1) is 0 Å². The SMILES string of the molecule is O=C1OC(c2ccccc2[N+](=O)[O-])=NC1=Cc1coc2ccccc2c1=O. The van der Waals surface area contributed by atoms with E-state index in [0.29, 0.717) is 11.0 Å². The first-order chi connectivity index (χ1) is 13.0. The smallest absolute Gasteiger partial charge is 0.363 e. The Kier molecular flexibility index (Phi) is 3.85. The average Bonchev–Trinajstić information content (AvgIpc) is 3.04. The number of nitrogens with zero attached hydrogens (tertiary/aromatic N) is 2. The zero-order valence-electron chi connectivity index (χ0n) is 13.6. The first-order valence-electron chi connectivity index (χ1n) is 7.81. The molecule has 0 fully saturated rings. The van der Waals surface area contributed by atoms with E-state index in [2.05, 4.69) is 4.99 Å². The Balaban J connectivity index is 1.80. The fourth-order valence-electron chi connectivity index (χ4n) is 2.68. The lowest BCUT2D eigenvalue weighted by Gasteiger charge is -2.00. The third-order valence-electron chi connectivity index (χ3n) is 3.95. The number of nitro groups is 1. The first-order valence-corrected chi connectivity index (χ1v) is 7.81. The van der Waals surface area contributed by atoms with Crippen molar-refractivity contribution in [2.24, 2.45) is 4.99 Å². The van der Waals surface area contributed by atoms with Crippen molar-refractivity contribution in [2.75, 3.05) is 0 Å². The van der Waals surface area contributed by atoms with Gasteiger partial charge in [0.05, 0.1) is 15.9 Å². The van der Waals surface area contributed by atoms with Crippen molar-refractivity contribution in [1.82, 2.24) is 0 Å². The number of fused-ring (bicyclic) bond motifs is 1. The molecule has 27 heavy (non-hydrogen) atoms. The largest absolute Gasteiger partial charge is 0.463 e. The lowest BCUT2D eigenvalue weighted by Crippen LogP contribution is -2.08. The number of nitro benzene ring substituents is 1. The number of ether oxygens (including phenoxy) is 1. The summed E-state index contributed by atoms with van der Waals surface area (Å²) in [6.07, 6.45) is 2.46. The molecule has 3 aromatic rings. The third kappa shape index (κ3) is 2.89. The van der Waals surface area contributed by atoms with Crippen LogP contribution in [0.2, 0.25) is 0 Å². The lowest BCUT2D eigenvalue weighted by atomic mass is 10.1. The number of hydrogen-bond acceptors (Lipinski definition) is 7. The van der Waals surface area contributed by atoms with Gasteiger partial charge in [-0.25, -0.2) is 9.79 Å². The Morgan fingerprint density at radius 3 is 2.59 bits per heavy atom. The summed E-state index contributed by atoms with van der Waals surface area (Å²) in [5.74, 6) is -1.00. The minimum atomic E-state index is -0.810. The van der Waals surface area contributed by atoms with E-state index in [1.807, 2.05) is 0 Å². The molecule has 1 aliphatic rings. The molecule has 1 aromatic heterocycles. The van der Waals surface area contributed by atoms with Gasteiger partial charge in [-0.3, -0.25) is 14.9 Å². The summed E-state index contributed by atoms with van der Waals surface area (Å²) in [6.45, 7) is 0. The summed E-state index contributed by atoms with van der Waals surface area (Å²) in [5, 5.41) is 11.5. The molecule has 0 bridgehead atoms. The molecule has 0 saturated carbocycles. The lowest BCUT2D eigenvalue weighted by molar-refractivity contribution is -0.385. The summed E-state index contributed by atoms with van der Waals surface area (Å²) < 4.78 is 10.5. The van der Waals surface area contributed by atoms with Crippen molar-refractivity contribution in [3.63, 3.8) is 0 Å². The molecule has 0 N–H and O–H groups in total. The van der Waals surface area contributed by atoms with Crippen LogP contribution in [-0.2, 0) is 9.53 Å². The van der Waals surface area contributed by atoms with Gasteiger partial charge in [0.15, 0.2) is 11.1 Å². The van der Waals surface area contributed by atoms with Gasteiger partial charge in [-0.05, 0) is 24.3 Å². The van der Waals surface area contributed by atoms with Gasteiger partial charge in [0.2, 0.25) is 5.90 Å². The predicted octanol–water partition coefficient (Wildman–Crippen LogP) is 3.05. The molecular formula is C19H10N2O6.